The maximum atomic E-state index is 5.74. The lowest BCUT2D eigenvalue weighted by atomic mass is 10.1. The normalized spacial score (nSPS) is 11.2. The Morgan fingerprint density at radius 3 is 1.56 bits per heavy atom. The van der Waals surface area contributed by atoms with Crippen molar-refractivity contribution < 1.29 is 21.6 Å². The molecule has 0 unspecified atom stereocenters. The Balaban J connectivity index is 0.00000676. The topological polar surface area (TPSA) is 9.23 Å². The van der Waals surface area contributed by atoms with Gasteiger partial charge in [0.25, 0.3) is 0 Å². The highest BCUT2D eigenvalue weighted by atomic mass is 35.5. The molecule has 0 N–H and O–H groups in total. The minimum absolute atomic E-state index is 0. The number of para-hydroxylation sites is 1. The van der Waals surface area contributed by atoms with Gasteiger partial charge in [0.1, 0.15) is 5.75 Å². The molecule has 0 heterocycles. The molecule has 0 aliphatic carbocycles. The number of hydrogen-bond donors (Lipinski definition) is 0. The summed E-state index contributed by atoms with van der Waals surface area (Å²) >= 11 is 0. The van der Waals surface area contributed by atoms with Gasteiger partial charge in [0.15, 0.2) is 0 Å². The van der Waals surface area contributed by atoms with Gasteiger partial charge in [0.2, 0.25) is 0 Å². The second-order valence-electron chi connectivity index (χ2n) is 7.71. The van der Waals surface area contributed by atoms with E-state index in [1.54, 1.807) is 0 Å². The van der Waals surface area contributed by atoms with Crippen LogP contribution in [0.5, 0.6) is 5.75 Å². The number of hydrogen-bond acceptors (Lipinski definition) is 1. The first kappa shape index (κ1) is 26.3. The maximum absolute atomic E-state index is 5.74. The lowest BCUT2D eigenvalue weighted by Gasteiger charge is -2.35. The second-order valence-corrected chi connectivity index (χ2v) is 7.71. The van der Waals surface area contributed by atoms with E-state index in [0.717, 1.165) is 12.4 Å². The number of quaternary nitrogens is 1. The van der Waals surface area contributed by atoms with Crippen LogP contribution >= 0.6 is 0 Å². The predicted molar refractivity (Wildman–Crippen MR) is 115 cm³/mol. The largest absolute Gasteiger partial charge is 1.00 e. The van der Waals surface area contributed by atoms with Crippen LogP contribution in [0, 0.1) is 0 Å². The molecule has 0 saturated carbocycles. The molecule has 0 aliphatic heterocycles. The van der Waals surface area contributed by atoms with Crippen LogP contribution in [0.1, 0.15) is 85.0 Å². The highest BCUT2D eigenvalue weighted by molar-refractivity contribution is 5.20. The summed E-state index contributed by atoms with van der Waals surface area (Å²) in [7, 11) is 0. The third-order valence-corrected chi connectivity index (χ3v) is 6.05. The number of halogens is 1. The Hall–Kier alpha value is -0.730. The van der Waals surface area contributed by atoms with Gasteiger partial charge in [-0.2, -0.15) is 0 Å². The molecule has 0 fully saturated rings. The smallest absolute Gasteiger partial charge is 0.119 e. The first-order valence-corrected chi connectivity index (χ1v) is 11.3. The molecule has 0 aromatic heterocycles. The molecule has 0 radical (unpaired) electrons. The molecule has 2 nitrogen and oxygen atoms in total. The van der Waals surface area contributed by atoms with Gasteiger partial charge in [0.05, 0.1) is 32.8 Å². The maximum Gasteiger partial charge on any atom is 0.119 e. The molecule has 158 valence electrons. The minimum Gasteiger partial charge on any atom is -1.00 e. The molecule has 1 rings (SSSR count). The van der Waals surface area contributed by atoms with E-state index in [1.165, 1.54) is 94.9 Å². The zero-order valence-electron chi connectivity index (χ0n) is 18.2. The van der Waals surface area contributed by atoms with Crippen molar-refractivity contribution in [1.82, 2.24) is 0 Å². The van der Waals surface area contributed by atoms with Crippen LogP contribution in [0.3, 0.4) is 0 Å². The monoisotopic (exact) mass is 397 g/mol. The average Bonchev–Trinajstić information content (AvgIpc) is 2.70. The second kappa shape index (κ2) is 17.4. The van der Waals surface area contributed by atoms with Crippen molar-refractivity contribution in [2.75, 3.05) is 32.8 Å². The van der Waals surface area contributed by atoms with Gasteiger partial charge in [-0.05, 0) is 52.2 Å². The molecular weight excluding hydrogens is 354 g/mol. The number of nitrogens with zero attached hydrogens (tertiary/aromatic N) is 1. The SMILES string of the molecule is CC[N+](CC)(CC)CCCCCCCCCCCCOc1ccccc1.[Cl-]. The van der Waals surface area contributed by atoms with Crippen LogP contribution in [-0.2, 0) is 0 Å². The summed E-state index contributed by atoms with van der Waals surface area (Å²) in [5.74, 6) is 1.00. The summed E-state index contributed by atoms with van der Waals surface area (Å²) in [6, 6.07) is 10.2. The summed E-state index contributed by atoms with van der Waals surface area (Å²) < 4.78 is 7.05. The zero-order chi connectivity index (χ0) is 18.9. The predicted octanol–water partition coefficient (Wildman–Crippen LogP) is 3.85. The summed E-state index contributed by atoms with van der Waals surface area (Å²) in [5.41, 5.74) is 0. The summed E-state index contributed by atoms with van der Waals surface area (Å²) in [4.78, 5) is 0. The van der Waals surface area contributed by atoms with Gasteiger partial charge in [-0.15, -0.1) is 0 Å². The molecule has 0 saturated heterocycles. The third-order valence-electron chi connectivity index (χ3n) is 6.05. The Labute approximate surface area is 175 Å². The molecule has 1 aromatic carbocycles. The standard InChI is InChI=1S/C24H44NO.ClH/c1-4-25(5-2,6-3)22-18-13-11-9-7-8-10-12-14-19-23-26-24-20-16-15-17-21-24;/h15-17,20-21H,4-14,18-19,22-23H2,1-3H3;1H/q+1;/p-1. The van der Waals surface area contributed by atoms with E-state index in [2.05, 4.69) is 20.8 Å². The van der Waals surface area contributed by atoms with E-state index in [9.17, 15) is 0 Å². The first-order valence-electron chi connectivity index (χ1n) is 11.3. The van der Waals surface area contributed by atoms with Gasteiger partial charge in [0, 0.05) is 0 Å². The molecule has 27 heavy (non-hydrogen) atoms. The summed E-state index contributed by atoms with van der Waals surface area (Å²) in [6.45, 7) is 13.2. The molecular formula is C24H44ClNO. The van der Waals surface area contributed by atoms with Crippen LogP contribution in [0.2, 0.25) is 0 Å². The van der Waals surface area contributed by atoms with E-state index in [0.29, 0.717) is 0 Å². The minimum atomic E-state index is 0. The fraction of sp³-hybridized carbons (Fsp3) is 0.750. The van der Waals surface area contributed by atoms with Gasteiger partial charge in [-0.25, -0.2) is 0 Å². The molecule has 1 aromatic rings. The average molecular weight is 398 g/mol. The third kappa shape index (κ3) is 12.4. The Bertz CT molecular complexity index is 411. The quantitative estimate of drug-likeness (QED) is 0.286. The molecule has 3 heteroatoms. The number of benzene rings is 1. The summed E-state index contributed by atoms with van der Waals surface area (Å²) in [5, 5.41) is 0. The van der Waals surface area contributed by atoms with Crippen molar-refractivity contribution in [2.24, 2.45) is 0 Å². The summed E-state index contributed by atoms with van der Waals surface area (Å²) in [6.07, 6.45) is 13.8. The van der Waals surface area contributed by atoms with E-state index < -0.39 is 0 Å². The van der Waals surface area contributed by atoms with Crippen molar-refractivity contribution >= 4 is 0 Å². The Morgan fingerprint density at radius 2 is 1.07 bits per heavy atom. The van der Waals surface area contributed by atoms with Crippen LogP contribution in [0.4, 0.5) is 0 Å². The van der Waals surface area contributed by atoms with Crippen molar-refractivity contribution in [3.63, 3.8) is 0 Å². The number of unbranched alkanes of at least 4 members (excludes halogenated alkanes) is 9. The molecule has 0 aliphatic rings. The van der Waals surface area contributed by atoms with Crippen molar-refractivity contribution in [1.29, 1.82) is 0 Å². The van der Waals surface area contributed by atoms with E-state index in [4.69, 9.17) is 4.74 Å². The Kier molecular flexibility index (Phi) is 16.9. The zero-order valence-corrected chi connectivity index (χ0v) is 19.0. The Morgan fingerprint density at radius 1 is 0.630 bits per heavy atom. The van der Waals surface area contributed by atoms with E-state index in [-0.39, 0.29) is 12.4 Å². The lowest BCUT2D eigenvalue weighted by molar-refractivity contribution is -0.923. The van der Waals surface area contributed by atoms with Crippen molar-refractivity contribution in [3.8, 4) is 5.75 Å². The molecule has 0 amide bonds. The van der Waals surface area contributed by atoms with Crippen LogP contribution in [-0.4, -0.2) is 37.3 Å². The highest BCUT2D eigenvalue weighted by Crippen LogP contribution is 2.14. The molecule has 0 spiro atoms. The van der Waals surface area contributed by atoms with Crippen LogP contribution < -0.4 is 17.1 Å². The first-order chi connectivity index (χ1) is 12.8. The van der Waals surface area contributed by atoms with E-state index in [1.807, 2.05) is 30.3 Å². The molecule has 0 bridgehead atoms. The molecule has 0 atom stereocenters. The van der Waals surface area contributed by atoms with Gasteiger partial charge >= 0.3 is 0 Å². The van der Waals surface area contributed by atoms with Crippen LogP contribution in [0.15, 0.2) is 30.3 Å². The number of rotatable bonds is 17. The van der Waals surface area contributed by atoms with E-state index >= 15 is 0 Å². The fourth-order valence-corrected chi connectivity index (χ4v) is 3.82. The highest BCUT2D eigenvalue weighted by Gasteiger charge is 2.19. The van der Waals surface area contributed by atoms with Gasteiger partial charge in [-0.3, -0.25) is 0 Å². The van der Waals surface area contributed by atoms with Gasteiger partial charge in [-0.1, -0.05) is 63.1 Å². The van der Waals surface area contributed by atoms with Crippen LogP contribution in [0.25, 0.3) is 0 Å². The lowest BCUT2D eigenvalue weighted by Crippen LogP contribution is -3.00. The van der Waals surface area contributed by atoms with Crippen molar-refractivity contribution in [3.05, 3.63) is 30.3 Å². The fourth-order valence-electron chi connectivity index (χ4n) is 3.82. The van der Waals surface area contributed by atoms with Crippen molar-refractivity contribution in [2.45, 2.75) is 85.0 Å². The van der Waals surface area contributed by atoms with Gasteiger partial charge < -0.3 is 21.6 Å². The number of ether oxygens (including phenoxy) is 1.